The van der Waals surface area contributed by atoms with E-state index in [9.17, 15) is 19.9 Å². The number of nitro groups is 1. The molecule has 11 heteroatoms. The second-order valence-electron chi connectivity index (χ2n) is 7.71. The van der Waals surface area contributed by atoms with Gasteiger partial charge in [0, 0.05) is 27.5 Å². The zero-order valence-corrected chi connectivity index (χ0v) is 16.7. The molecule has 0 aliphatic carbocycles. The number of carbonyl (C=O) groups is 1. The van der Waals surface area contributed by atoms with E-state index < -0.39 is 30.8 Å². The largest absolute Gasteiger partial charge is 0.496 e. The van der Waals surface area contributed by atoms with Gasteiger partial charge in [0.25, 0.3) is 0 Å². The van der Waals surface area contributed by atoms with Gasteiger partial charge in [-0.1, -0.05) is 32.4 Å². The molecule has 154 valence electrons. The second kappa shape index (κ2) is 8.98. The minimum Gasteiger partial charge on any atom is -0.490 e. The molecule has 1 heterocycles. The zero-order chi connectivity index (χ0) is 21.1. The van der Waals surface area contributed by atoms with E-state index in [1.54, 1.807) is 12.1 Å². The van der Waals surface area contributed by atoms with E-state index in [1.807, 2.05) is 20.8 Å². The number of carboxylic acid groups (broad SMARTS) is 1. The van der Waals surface area contributed by atoms with Crippen LogP contribution >= 0.6 is 11.6 Å². The van der Waals surface area contributed by atoms with Crippen LogP contribution in [-0.2, 0) is 4.65 Å². The molecule has 0 saturated carbocycles. The molecule has 0 fully saturated rings. The standard InChI is InChI=1S/C17H24BClN2O7/c1-17(2,3)13(5-4-8-20-16(22)23)27-11-7-6-10(19)14-12(9-21(25)26)28-18(24)15(11)14/h6-7,12-13,20,24H,4-5,8-9H2,1-3H3,(H,22,23). The molecule has 9 nitrogen and oxygen atoms in total. The lowest BCUT2D eigenvalue weighted by Crippen LogP contribution is -2.37. The average Bonchev–Trinajstić information content (AvgIpc) is 2.87. The summed E-state index contributed by atoms with van der Waals surface area (Å²) in [6.07, 6.45) is -1.20. The van der Waals surface area contributed by atoms with Gasteiger partial charge in [0.1, 0.15) is 18.0 Å². The van der Waals surface area contributed by atoms with Gasteiger partial charge in [0.05, 0.1) is 0 Å². The third-order valence-electron chi connectivity index (χ3n) is 4.53. The first-order valence-corrected chi connectivity index (χ1v) is 9.29. The topological polar surface area (TPSA) is 131 Å². The summed E-state index contributed by atoms with van der Waals surface area (Å²) in [6, 6.07) is 3.17. The van der Waals surface area contributed by atoms with Crippen LogP contribution in [0.2, 0.25) is 5.02 Å². The molecule has 2 atom stereocenters. The van der Waals surface area contributed by atoms with Crippen molar-refractivity contribution in [2.75, 3.05) is 13.1 Å². The van der Waals surface area contributed by atoms with E-state index >= 15 is 0 Å². The van der Waals surface area contributed by atoms with Crippen LogP contribution in [0.1, 0.15) is 45.3 Å². The number of ether oxygens (including phenoxy) is 1. The molecule has 0 aromatic heterocycles. The number of nitrogens with one attached hydrogen (secondary N) is 1. The van der Waals surface area contributed by atoms with Gasteiger partial charge >= 0.3 is 13.2 Å². The molecule has 1 aromatic rings. The summed E-state index contributed by atoms with van der Waals surface area (Å²) in [5, 5.41) is 32.5. The van der Waals surface area contributed by atoms with Gasteiger partial charge < -0.3 is 24.8 Å². The Labute approximate surface area is 168 Å². The van der Waals surface area contributed by atoms with E-state index in [0.29, 0.717) is 36.2 Å². The third kappa shape index (κ3) is 5.49. The molecular weight excluding hydrogens is 390 g/mol. The molecule has 0 bridgehead atoms. The van der Waals surface area contributed by atoms with Crippen molar-refractivity contribution in [1.29, 1.82) is 0 Å². The first-order valence-electron chi connectivity index (χ1n) is 8.91. The van der Waals surface area contributed by atoms with Crippen LogP contribution in [0.5, 0.6) is 5.75 Å². The van der Waals surface area contributed by atoms with Gasteiger partial charge in [-0.15, -0.1) is 0 Å². The van der Waals surface area contributed by atoms with Crippen molar-refractivity contribution in [1.82, 2.24) is 5.32 Å². The fourth-order valence-electron chi connectivity index (χ4n) is 3.14. The lowest BCUT2D eigenvalue weighted by Gasteiger charge is -2.32. The fraction of sp³-hybridized carbons (Fsp3) is 0.588. The molecule has 0 saturated heterocycles. The Kier molecular flexibility index (Phi) is 7.14. The van der Waals surface area contributed by atoms with Gasteiger partial charge in [-0.05, 0) is 30.4 Å². The lowest BCUT2D eigenvalue weighted by atomic mass is 9.78. The Morgan fingerprint density at radius 2 is 2.18 bits per heavy atom. The summed E-state index contributed by atoms with van der Waals surface area (Å²) in [7, 11) is -1.37. The zero-order valence-electron chi connectivity index (χ0n) is 16.0. The van der Waals surface area contributed by atoms with Crippen molar-refractivity contribution in [2.24, 2.45) is 5.41 Å². The summed E-state index contributed by atoms with van der Waals surface area (Å²) in [5.74, 6) is 0.351. The fourth-order valence-corrected chi connectivity index (χ4v) is 3.43. The molecule has 3 N–H and O–H groups in total. The monoisotopic (exact) mass is 414 g/mol. The van der Waals surface area contributed by atoms with Crippen molar-refractivity contribution in [2.45, 2.75) is 45.8 Å². The normalized spacial score (nSPS) is 17.2. The summed E-state index contributed by atoms with van der Waals surface area (Å²) >= 11 is 6.21. The predicted octanol–water partition coefficient (Wildman–Crippen LogP) is 2.22. The van der Waals surface area contributed by atoms with Crippen LogP contribution in [0, 0.1) is 15.5 Å². The van der Waals surface area contributed by atoms with E-state index in [4.69, 9.17) is 26.1 Å². The quantitative estimate of drug-likeness (QED) is 0.257. The summed E-state index contributed by atoms with van der Waals surface area (Å²) in [6.45, 7) is 5.74. The summed E-state index contributed by atoms with van der Waals surface area (Å²) < 4.78 is 11.5. The van der Waals surface area contributed by atoms with Gasteiger partial charge in [-0.3, -0.25) is 10.1 Å². The maximum atomic E-state index is 10.9. The number of benzene rings is 1. The molecule has 1 aliphatic heterocycles. The highest BCUT2D eigenvalue weighted by Gasteiger charge is 2.42. The maximum absolute atomic E-state index is 10.9. The average molecular weight is 415 g/mol. The van der Waals surface area contributed by atoms with Crippen molar-refractivity contribution in [3.05, 3.63) is 32.8 Å². The molecule has 0 radical (unpaired) electrons. The third-order valence-corrected chi connectivity index (χ3v) is 4.86. The molecule has 1 aromatic carbocycles. The summed E-state index contributed by atoms with van der Waals surface area (Å²) in [4.78, 5) is 21.0. The van der Waals surface area contributed by atoms with Crippen LogP contribution in [0.3, 0.4) is 0 Å². The number of hydrogen-bond acceptors (Lipinski definition) is 6. The molecule has 28 heavy (non-hydrogen) atoms. The summed E-state index contributed by atoms with van der Waals surface area (Å²) in [5.41, 5.74) is 0.390. The molecule has 2 unspecified atom stereocenters. The van der Waals surface area contributed by atoms with Crippen molar-refractivity contribution >= 4 is 30.3 Å². The SMILES string of the molecule is CC(C)(C)C(CCCNC(=O)O)Oc1ccc(Cl)c2c1B(O)OC2C[N+](=O)[O-]. The van der Waals surface area contributed by atoms with E-state index in [0.717, 1.165) is 0 Å². The van der Waals surface area contributed by atoms with Crippen LogP contribution in [0.15, 0.2) is 12.1 Å². The van der Waals surface area contributed by atoms with Gasteiger partial charge in [0.15, 0.2) is 0 Å². The molecular formula is C17H24BClN2O7. The number of amides is 1. The van der Waals surface area contributed by atoms with E-state index in [-0.39, 0.29) is 16.5 Å². The number of fused-ring (bicyclic) bond motifs is 1. The predicted molar refractivity (Wildman–Crippen MR) is 104 cm³/mol. The minimum absolute atomic E-state index is 0.267. The second-order valence-corrected chi connectivity index (χ2v) is 8.12. The van der Waals surface area contributed by atoms with Gasteiger partial charge in [-0.25, -0.2) is 4.79 Å². The molecule has 1 aliphatic rings. The Balaban J connectivity index is 2.25. The Hall–Kier alpha value is -2.04. The maximum Gasteiger partial charge on any atom is 0.496 e. The smallest absolute Gasteiger partial charge is 0.490 e. The van der Waals surface area contributed by atoms with Crippen molar-refractivity contribution in [3.63, 3.8) is 0 Å². The van der Waals surface area contributed by atoms with E-state index in [2.05, 4.69) is 5.32 Å². The highest BCUT2D eigenvalue weighted by Crippen LogP contribution is 2.35. The molecule has 2 rings (SSSR count). The Morgan fingerprint density at radius 3 is 2.75 bits per heavy atom. The Morgan fingerprint density at radius 1 is 1.50 bits per heavy atom. The highest BCUT2D eigenvalue weighted by atomic mass is 35.5. The number of halogens is 1. The van der Waals surface area contributed by atoms with Gasteiger partial charge in [-0.2, -0.15) is 0 Å². The van der Waals surface area contributed by atoms with Gasteiger partial charge in [0.2, 0.25) is 6.54 Å². The van der Waals surface area contributed by atoms with E-state index in [1.165, 1.54) is 0 Å². The Bertz CT molecular complexity index is 741. The van der Waals surface area contributed by atoms with Crippen molar-refractivity contribution < 1.29 is 29.2 Å². The first kappa shape index (κ1) is 22.3. The molecule has 0 spiro atoms. The van der Waals surface area contributed by atoms with Crippen LogP contribution in [0.4, 0.5) is 4.79 Å². The van der Waals surface area contributed by atoms with Crippen LogP contribution < -0.4 is 15.5 Å². The molecule has 1 amide bonds. The number of hydrogen-bond donors (Lipinski definition) is 3. The number of nitrogens with zero attached hydrogens (tertiary/aromatic N) is 1. The van der Waals surface area contributed by atoms with Crippen molar-refractivity contribution in [3.8, 4) is 5.75 Å². The highest BCUT2D eigenvalue weighted by molar-refractivity contribution is 6.63. The minimum atomic E-state index is -1.37. The van der Waals surface area contributed by atoms with Crippen LogP contribution in [-0.4, -0.2) is 47.5 Å². The number of rotatable bonds is 8. The lowest BCUT2D eigenvalue weighted by molar-refractivity contribution is -0.490. The first-order chi connectivity index (χ1) is 13.0. The van der Waals surface area contributed by atoms with Crippen LogP contribution in [0.25, 0.3) is 0 Å².